The third kappa shape index (κ3) is 3.05. The van der Waals surface area contributed by atoms with Crippen molar-refractivity contribution in [2.45, 2.75) is 12.8 Å². The maximum absolute atomic E-state index is 12.6. The third-order valence-corrected chi connectivity index (χ3v) is 4.86. The van der Waals surface area contributed by atoms with Crippen LogP contribution in [0, 0.1) is 0 Å². The van der Waals surface area contributed by atoms with Crippen molar-refractivity contribution in [1.82, 2.24) is 15.0 Å². The molecule has 2 aromatic carbocycles. The lowest BCUT2D eigenvalue weighted by Crippen LogP contribution is -2.15. The average Bonchev–Trinajstić information content (AvgIpc) is 3.36. The summed E-state index contributed by atoms with van der Waals surface area (Å²) >= 11 is 0. The van der Waals surface area contributed by atoms with Crippen molar-refractivity contribution in [1.29, 1.82) is 0 Å². The number of fused-ring (bicyclic) bond motifs is 2. The Labute approximate surface area is 161 Å². The van der Waals surface area contributed by atoms with Crippen LogP contribution in [0.3, 0.4) is 0 Å². The number of pyridine rings is 1. The number of nitrogens with one attached hydrogen (secondary N) is 2. The van der Waals surface area contributed by atoms with Crippen molar-refractivity contribution in [2.75, 3.05) is 5.32 Å². The lowest BCUT2D eigenvalue weighted by Gasteiger charge is -2.07. The van der Waals surface area contributed by atoms with Gasteiger partial charge < -0.3 is 4.98 Å². The van der Waals surface area contributed by atoms with Crippen LogP contribution >= 0.6 is 0 Å². The van der Waals surface area contributed by atoms with E-state index in [1.54, 1.807) is 12.4 Å². The van der Waals surface area contributed by atoms with E-state index in [1.807, 2.05) is 36.5 Å². The first-order chi connectivity index (χ1) is 13.8. The quantitative estimate of drug-likeness (QED) is 0.570. The summed E-state index contributed by atoms with van der Waals surface area (Å²) in [7, 11) is 0. The van der Waals surface area contributed by atoms with Crippen LogP contribution in [0.5, 0.6) is 0 Å². The highest BCUT2D eigenvalue weighted by Crippen LogP contribution is 2.31. The Morgan fingerprint density at radius 2 is 1.96 bits per heavy atom. The fourth-order valence-corrected chi connectivity index (χ4v) is 3.54. The van der Waals surface area contributed by atoms with Crippen LogP contribution in [-0.2, 0) is 12.8 Å². The molecule has 1 aliphatic heterocycles. The molecule has 0 unspecified atom stereocenters. The second-order valence-electron chi connectivity index (χ2n) is 6.75. The summed E-state index contributed by atoms with van der Waals surface area (Å²) in [4.78, 5) is 28.9. The number of aromatic nitrogens is 3. The van der Waals surface area contributed by atoms with Gasteiger partial charge in [-0.15, -0.1) is 0 Å². The van der Waals surface area contributed by atoms with Crippen LogP contribution in [0.4, 0.5) is 11.6 Å². The Morgan fingerprint density at radius 1 is 1.07 bits per heavy atom. The van der Waals surface area contributed by atoms with Crippen molar-refractivity contribution in [2.24, 2.45) is 4.99 Å². The standard InChI is InChI=1S/C22H17N5O/c28-21(27-22-23-8-9-24-22)18-6-3-7-20-19(18)12-17(26-20)11-16-10-14-4-1-2-5-15(14)13-25-16/h1-10,13H,11-12H2,(H2,23,24,27,28). The molecule has 2 N–H and O–H groups in total. The van der Waals surface area contributed by atoms with Crippen molar-refractivity contribution >= 4 is 34.0 Å². The fourth-order valence-electron chi connectivity index (χ4n) is 3.54. The number of benzene rings is 2. The highest BCUT2D eigenvalue weighted by atomic mass is 16.1. The minimum atomic E-state index is -0.188. The number of H-pyrrole nitrogens is 1. The highest BCUT2D eigenvalue weighted by molar-refractivity contribution is 6.08. The number of hydrogen-bond donors (Lipinski definition) is 2. The predicted octanol–water partition coefficient (Wildman–Crippen LogP) is 4.08. The van der Waals surface area contributed by atoms with Gasteiger partial charge in [0.2, 0.25) is 5.95 Å². The van der Waals surface area contributed by atoms with E-state index in [4.69, 9.17) is 4.99 Å². The van der Waals surface area contributed by atoms with Gasteiger partial charge in [0.1, 0.15) is 0 Å². The molecule has 136 valence electrons. The van der Waals surface area contributed by atoms with Crippen LogP contribution in [0.15, 0.2) is 72.1 Å². The summed E-state index contributed by atoms with van der Waals surface area (Å²) in [5.41, 5.74) is 4.41. The van der Waals surface area contributed by atoms with Crippen molar-refractivity contribution in [3.05, 3.63) is 83.9 Å². The number of aliphatic imine (C=N–C) groups is 1. The minimum absolute atomic E-state index is 0.188. The molecule has 0 saturated carbocycles. The zero-order valence-corrected chi connectivity index (χ0v) is 15.0. The molecule has 0 fully saturated rings. The summed E-state index contributed by atoms with van der Waals surface area (Å²) in [5.74, 6) is 0.245. The third-order valence-electron chi connectivity index (χ3n) is 4.86. The molecule has 0 spiro atoms. The number of hydrogen-bond acceptors (Lipinski definition) is 4. The van der Waals surface area contributed by atoms with E-state index in [2.05, 4.69) is 38.5 Å². The van der Waals surface area contributed by atoms with Gasteiger partial charge in [0.25, 0.3) is 5.91 Å². The molecule has 3 heterocycles. The average molecular weight is 367 g/mol. The molecule has 0 saturated heterocycles. The van der Waals surface area contributed by atoms with Gasteiger partial charge in [-0.2, -0.15) is 0 Å². The molecule has 6 heteroatoms. The maximum atomic E-state index is 12.6. The number of carbonyl (C=O) groups is 1. The zero-order chi connectivity index (χ0) is 18.9. The number of carbonyl (C=O) groups excluding carboxylic acids is 1. The molecule has 1 amide bonds. The summed E-state index contributed by atoms with van der Waals surface area (Å²) in [6.45, 7) is 0. The summed E-state index contributed by atoms with van der Waals surface area (Å²) < 4.78 is 0. The summed E-state index contributed by atoms with van der Waals surface area (Å²) in [6, 6.07) is 15.9. The van der Waals surface area contributed by atoms with Gasteiger partial charge in [-0.25, -0.2) is 4.98 Å². The summed E-state index contributed by atoms with van der Waals surface area (Å²) in [6.07, 6.45) is 6.48. The van der Waals surface area contributed by atoms with E-state index >= 15 is 0 Å². The van der Waals surface area contributed by atoms with E-state index in [0.717, 1.165) is 28.0 Å². The molecule has 0 bridgehead atoms. The van der Waals surface area contributed by atoms with Gasteiger partial charge in [-0.3, -0.25) is 20.1 Å². The van der Waals surface area contributed by atoms with Crippen molar-refractivity contribution in [3.8, 4) is 0 Å². The van der Waals surface area contributed by atoms with Gasteiger partial charge in [-0.05, 0) is 29.1 Å². The molecule has 4 aromatic rings. The molecular weight excluding hydrogens is 350 g/mol. The Kier molecular flexibility index (Phi) is 3.94. The minimum Gasteiger partial charge on any atom is -0.331 e. The second-order valence-corrected chi connectivity index (χ2v) is 6.75. The SMILES string of the molecule is O=C(Nc1ncc[nH]1)c1cccc2c1CC(Cc1cc3ccccc3cn1)=N2. The molecule has 6 nitrogen and oxygen atoms in total. The van der Waals surface area contributed by atoms with E-state index in [9.17, 15) is 4.79 Å². The molecule has 0 radical (unpaired) electrons. The molecular formula is C22H17N5O. The number of aromatic amines is 1. The van der Waals surface area contributed by atoms with Crippen LogP contribution in [0.1, 0.15) is 21.6 Å². The van der Waals surface area contributed by atoms with Gasteiger partial charge in [0, 0.05) is 53.8 Å². The summed E-state index contributed by atoms with van der Waals surface area (Å²) in [5, 5.41) is 5.08. The monoisotopic (exact) mass is 367 g/mol. The molecule has 0 aliphatic carbocycles. The number of amides is 1. The Hall–Kier alpha value is -3.80. The largest absolute Gasteiger partial charge is 0.331 e. The maximum Gasteiger partial charge on any atom is 0.258 e. The zero-order valence-electron chi connectivity index (χ0n) is 15.0. The molecule has 2 aromatic heterocycles. The second kappa shape index (κ2) is 6.74. The predicted molar refractivity (Wildman–Crippen MR) is 109 cm³/mol. The van der Waals surface area contributed by atoms with Crippen LogP contribution in [0.2, 0.25) is 0 Å². The Bertz CT molecular complexity index is 1210. The fraction of sp³-hybridized carbons (Fsp3) is 0.0909. The first-order valence-electron chi connectivity index (χ1n) is 9.09. The first kappa shape index (κ1) is 16.4. The van der Waals surface area contributed by atoms with Gasteiger partial charge in [-0.1, -0.05) is 30.3 Å². The van der Waals surface area contributed by atoms with Gasteiger partial charge >= 0.3 is 0 Å². The highest BCUT2D eigenvalue weighted by Gasteiger charge is 2.22. The van der Waals surface area contributed by atoms with Crippen molar-refractivity contribution < 1.29 is 4.79 Å². The lowest BCUT2D eigenvalue weighted by atomic mass is 10.00. The van der Waals surface area contributed by atoms with E-state index < -0.39 is 0 Å². The van der Waals surface area contributed by atoms with Gasteiger partial charge in [0.15, 0.2) is 0 Å². The number of imidazole rings is 1. The number of anilines is 1. The Morgan fingerprint density at radius 3 is 2.82 bits per heavy atom. The van der Waals surface area contributed by atoms with E-state index in [1.165, 1.54) is 5.39 Å². The smallest absolute Gasteiger partial charge is 0.258 e. The van der Waals surface area contributed by atoms with Crippen LogP contribution in [0.25, 0.3) is 10.8 Å². The van der Waals surface area contributed by atoms with E-state index in [0.29, 0.717) is 24.4 Å². The molecule has 0 atom stereocenters. The van der Waals surface area contributed by atoms with Crippen LogP contribution < -0.4 is 5.32 Å². The number of rotatable bonds is 4. The van der Waals surface area contributed by atoms with Crippen molar-refractivity contribution in [3.63, 3.8) is 0 Å². The first-order valence-corrected chi connectivity index (χ1v) is 9.09. The lowest BCUT2D eigenvalue weighted by molar-refractivity contribution is 0.102. The Balaban J connectivity index is 1.37. The van der Waals surface area contributed by atoms with E-state index in [-0.39, 0.29) is 5.91 Å². The number of nitrogens with zero attached hydrogens (tertiary/aromatic N) is 3. The van der Waals surface area contributed by atoms with Gasteiger partial charge in [0.05, 0.1) is 5.69 Å². The topological polar surface area (TPSA) is 83.0 Å². The molecule has 1 aliphatic rings. The normalized spacial score (nSPS) is 12.6. The molecule has 28 heavy (non-hydrogen) atoms. The molecule has 5 rings (SSSR count). The van der Waals surface area contributed by atoms with Crippen LogP contribution in [-0.4, -0.2) is 26.6 Å².